The van der Waals surface area contributed by atoms with Gasteiger partial charge in [-0.05, 0) is 32.0 Å². The summed E-state index contributed by atoms with van der Waals surface area (Å²) in [5.74, 6) is -1.14. The first kappa shape index (κ1) is 17.4. The highest BCUT2D eigenvalue weighted by Crippen LogP contribution is 2.21. The number of benzene rings is 1. The molecule has 0 N–H and O–H groups in total. The number of carbonyl (C=O) groups excluding carboxylic acids is 2. The van der Waals surface area contributed by atoms with E-state index in [-0.39, 0.29) is 16.2 Å². The monoisotopic (exact) mass is 352 g/mol. The summed E-state index contributed by atoms with van der Waals surface area (Å²) in [6.07, 6.45) is 1.02. The van der Waals surface area contributed by atoms with Crippen molar-refractivity contribution in [1.82, 2.24) is 0 Å². The number of ether oxygens (including phenoxy) is 1. The van der Waals surface area contributed by atoms with E-state index in [0.29, 0.717) is 5.56 Å². The van der Waals surface area contributed by atoms with Gasteiger partial charge in [-0.3, -0.25) is 4.79 Å². The molecule has 1 aromatic heterocycles. The zero-order valence-corrected chi connectivity index (χ0v) is 14.6. The third-order valence-corrected chi connectivity index (χ3v) is 5.30. The van der Waals surface area contributed by atoms with Crippen molar-refractivity contribution in [3.05, 3.63) is 51.2 Å². The van der Waals surface area contributed by atoms with Crippen LogP contribution in [0.1, 0.15) is 30.5 Å². The second kappa shape index (κ2) is 6.64. The molecule has 0 bridgehead atoms. The number of carbonyl (C=O) groups is 2. The zero-order valence-electron chi connectivity index (χ0n) is 13.0. The lowest BCUT2D eigenvalue weighted by Crippen LogP contribution is -2.16. The molecule has 23 heavy (non-hydrogen) atoms. The van der Waals surface area contributed by atoms with Crippen LogP contribution in [-0.2, 0) is 14.6 Å². The smallest absolute Gasteiger partial charge is 0.339 e. The second-order valence-corrected chi connectivity index (χ2v) is 8.54. The van der Waals surface area contributed by atoms with Gasteiger partial charge in [-0.15, -0.1) is 11.3 Å². The van der Waals surface area contributed by atoms with E-state index in [2.05, 4.69) is 0 Å². The summed E-state index contributed by atoms with van der Waals surface area (Å²) >= 11 is 1.49. The number of ketones is 1. The molecule has 122 valence electrons. The standard InChI is InChI=1S/C16H16O5S2/c1-10-8-13(11(2)22-10)14(17)9-21-16(18)12-6-4-5-7-15(12)23(3,19)20/h4-8H,9H2,1-3H3. The highest BCUT2D eigenvalue weighted by atomic mass is 32.2. The van der Waals surface area contributed by atoms with Crippen LogP contribution in [0.15, 0.2) is 35.2 Å². The first-order valence-electron chi connectivity index (χ1n) is 6.76. The van der Waals surface area contributed by atoms with Gasteiger partial charge in [0.2, 0.25) is 5.78 Å². The van der Waals surface area contributed by atoms with E-state index in [4.69, 9.17) is 4.74 Å². The minimum absolute atomic E-state index is 0.0685. The van der Waals surface area contributed by atoms with Gasteiger partial charge in [0, 0.05) is 21.6 Å². The summed E-state index contributed by atoms with van der Waals surface area (Å²) in [6, 6.07) is 7.51. The van der Waals surface area contributed by atoms with E-state index in [1.165, 1.54) is 29.5 Å². The molecule has 0 spiro atoms. The number of esters is 1. The molecule has 0 aliphatic heterocycles. The lowest BCUT2D eigenvalue weighted by Gasteiger charge is -2.08. The van der Waals surface area contributed by atoms with Gasteiger partial charge in [0.15, 0.2) is 16.4 Å². The average Bonchev–Trinajstić information content (AvgIpc) is 2.82. The van der Waals surface area contributed by atoms with E-state index in [9.17, 15) is 18.0 Å². The Morgan fingerprint density at radius 1 is 1.13 bits per heavy atom. The predicted octanol–water partition coefficient (Wildman–Crippen LogP) is 2.81. The Morgan fingerprint density at radius 2 is 1.78 bits per heavy atom. The van der Waals surface area contributed by atoms with E-state index in [1.54, 1.807) is 12.1 Å². The predicted molar refractivity (Wildman–Crippen MR) is 88.0 cm³/mol. The molecular weight excluding hydrogens is 336 g/mol. The molecule has 0 fully saturated rings. The number of sulfone groups is 1. The van der Waals surface area contributed by atoms with Gasteiger partial charge in [-0.25, -0.2) is 13.2 Å². The van der Waals surface area contributed by atoms with E-state index in [0.717, 1.165) is 16.0 Å². The fraction of sp³-hybridized carbons (Fsp3) is 0.250. The van der Waals surface area contributed by atoms with Crippen molar-refractivity contribution in [3.63, 3.8) is 0 Å². The molecule has 1 aromatic carbocycles. The van der Waals surface area contributed by atoms with Crippen molar-refractivity contribution in [2.45, 2.75) is 18.7 Å². The van der Waals surface area contributed by atoms with Gasteiger partial charge in [0.25, 0.3) is 0 Å². The van der Waals surface area contributed by atoms with Crippen LogP contribution < -0.4 is 0 Å². The summed E-state index contributed by atoms with van der Waals surface area (Å²) in [5.41, 5.74) is 0.456. The minimum atomic E-state index is -3.56. The summed E-state index contributed by atoms with van der Waals surface area (Å²) < 4.78 is 28.4. The molecule has 0 aliphatic rings. The van der Waals surface area contributed by atoms with Gasteiger partial charge in [-0.1, -0.05) is 12.1 Å². The van der Waals surface area contributed by atoms with Gasteiger partial charge >= 0.3 is 5.97 Å². The number of hydrogen-bond donors (Lipinski definition) is 0. The van der Waals surface area contributed by atoms with Crippen molar-refractivity contribution in [2.24, 2.45) is 0 Å². The minimum Gasteiger partial charge on any atom is -0.454 e. The van der Waals surface area contributed by atoms with Crippen LogP contribution in [0.3, 0.4) is 0 Å². The van der Waals surface area contributed by atoms with Crippen LogP contribution in [0.2, 0.25) is 0 Å². The summed E-state index contributed by atoms with van der Waals surface area (Å²) in [7, 11) is -3.56. The Bertz CT molecular complexity index is 862. The Labute approximate surface area is 138 Å². The second-order valence-electron chi connectivity index (χ2n) is 5.09. The summed E-state index contributed by atoms with van der Waals surface area (Å²) in [5, 5.41) is 0. The number of rotatable bonds is 5. The van der Waals surface area contributed by atoms with Gasteiger partial charge in [0.05, 0.1) is 10.5 Å². The lowest BCUT2D eigenvalue weighted by molar-refractivity contribution is 0.0471. The highest BCUT2D eigenvalue weighted by Gasteiger charge is 2.21. The molecule has 2 aromatic rings. The first-order chi connectivity index (χ1) is 10.7. The normalized spacial score (nSPS) is 11.3. The maximum Gasteiger partial charge on any atom is 0.339 e. The quantitative estimate of drug-likeness (QED) is 0.611. The Hall–Kier alpha value is -1.99. The van der Waals surface area contributed by atoms with Crippen LogP contribution in [0, 0.1) is 13.8 Å². The number of thiophene rings is 1. The molecule has 5 nitrogen and oxygen atoms in total. The molecule has 0 radical (unpaired) electrons. The summed E-state index contributed by atoms with van der Waals surface area (Å²) in [4.78, 5) is 26.0. The molecule has 0 saturated carbocycles. The topological polar surface area (TPSA) is 77.5 Å². The van der Waals surface area contributed by atoms with Gasteiger partial charge in [0.1, 0.15) is 0 Å². The SMILES string of the molecule is Cc1cc(C(=O)COC(=O)c2ccccc2S(C)(=O)=O)c(C)s1. The number of aryl methyl sites for hydroxylation is 2. The van der Waals surface area contributed by atoms with Gasteiger partial charge in [-0.2, -0.15) is 0 Å². The van der Waals surface area contributed by atoms with Crippen molar-refractivity contribution >= 4 is 32.9 Å². The first-order valence-corrected chi connectivity index (χ1v) is 9.47. The number of Topliss-reactive ketones (excluding diaryl/α,β-unsaturated/α-hetero) is 1. The third kappa shape index (κ3) is 4.05. The Balaban J connectivity index is 2.15. The average molecular weight is 352 g/mol. The van der Waals surface area contributed by atoms with Crippen molar-refractivity contribution < 1.29 is 22.7 Å². The Morgan fingerprint density at radius 3 is 2.35 bits per heavy atom. The lowest BCUT2D eigenvalue weighted by atomic mass is 10.2. The van der Waals surface area contributed by atoms with Crippen molar-refractivity contribution in [3.8, 4) is 0 Å². The molecule has 0 saturated heterocycles. The maximum absolute atomic E-state index is 12.1. The van der Waals surface area contributed by atoms with Crippen LogP contribution in [0.25, 0.3) is 0 Å². The van der Waals surface area contributed by atoms with Crippen LogP contribution in [0.5, 0.6) is 0 Å². The van der Waals surface area contributed by atoms with Crippen LogP contribution in [-0.4, -0.2) is 33.0 Å². The fourth-order valence-electron chi connectivity index (χ4n) is 2.15. The van der Waals surface area contributed by atoms with Crippen LogP contribution >= 0.6 is 11.3 Å². The number of hydrogen-bond acceptors (Lipinski definition) is 6. The molecular formula is C16H16O5S2. The third-order valence-electron chi connectivity index (χ3n) is 3.18. The zero-order chi connectivity index (χ0) is 17.2. The molecule has 0 unspecified atom stereocenters. The van der Waals surface area contributed by atoms with Crippen LogP contribution in [0.4, 0.5) is 0 Å². The summed E-state index contributed by atoms with van der Waals surface area (Å²) in [6.45, 7) is 3.29. The molecule has 1 heterocycles. The van der Waals surface area contributed by atoms with Gasteiger partial charge < -0.3 is 4.74 Å². The molecule has 2 rings (SSSR count). The van der Waals surface area contributed by atoms with E-state index < -0.39 is 22.4 Å². The molecule has 0 aliphatic carbocycles. The van der Waals surface area contributed by atoms with Crippen molar-refractivity contribution in [1.29, 1.82) is 0 Å². The fourth-order valence-corrected chi connectivity index (χ4v) is 3.97. The highest BCUT2D eigenvalue weighted by molar-refractivity contribution is 7.90. The largest absolute Gasteiger partial charge is 0.454 e. The Kier molecular flexibility index (Phi) is 5.01. The van der Waals surface area contributed by atoms with E-state index in [1.807, 2.05) is 13.8 Å². The molecule has 0 amide bonds. The van der Waals surface area contributed by atoms with E-state index >= 15 is 0 Å². The van der Waals surface area contributed by atoms with Crippen molar-refractivity contribution in [2.75, 3.05) is 12.9 Å². The molecule has 7 heteroatoms. The molecule has 0 atom stereocenters. The maximum atomic E-state index is 12.1.